The SMILES string of the molecule is C/C=C\C1=CS[C@@H]2C(NC(=O)COc3ccccc3)C(=O)N2C1C(=O)OC(c1ccccc1)c1ccccc1. The van der Waals surface area contributed by atoms with Crippen LogP contribution < -0.4 is 10.1 Å². The molecule has 0 bridgehead atoms. The smallest absolute Gasteiger partial charge is 0.334 e. The van der Waals surface area contributed by atoms with Crippen molar-refractivity contribution in [2.75, 3.05) is 6.61 Å². The summed E-state index contributed by atoms with van der Waals surface area (Å²) in [5.74, 6) is -0.719. The lowest BCUT2D eigenvalue weighted by Crippen LogP contribution is -2.74. The van der Waals surface area contributed by atoms with Crippen LogP contribution in [0.4, 0.5) is 0 Å². The Morgan fingerprint density at radius 1 is 0.949 bits per heavy atom. The Balaban J connectivity index is 1.32. The second kappa shape index (κ2) is 12.0. The summed E-state index contributed by atoms with van der Waals surface area (Å²) in [6, 6.07) is 26.3. The van der Waals surface area contributed by atoms with Gasteiger partial charge in [-0.05, 0) is 41.2 Å². The summed E-state index contributed by atoms with van der Waals surface area (Å²) in [5.41, 5.74) is 2.32. The number of para-hydroxylation sites is 1. The molecule has 0 saturated carbocycles. The number of fused-ring (bicyclic) bond motifs is 1. The van der Waals surface area contributed by atoms with Gasteiger partial charge in [0.05, 0.1) is 0 Å². The summed E-state index contributed by atoms with van der Waals surface area (Å²) >= 11 is 1.39. The van der Waals surface area contributed by atoms with Crippen molar-refractivity contribution < 1.29 is 23.9 Å². The number of carbonyl (C=O) groups excluding carboxylic acids is 3. The molecule has 8 heteroatoms. The summed E-state index contributed by atoms with van der Waals surface area (Å²) in [5, 5.41) is 4.19. The van der Waals surface area contributed by atoms with Gasteiger partial charge in [0.1, 0.15) is 17.2 Å². The monoisotopic (exact) mass is 540 g/mol. The van der Waals surface area contributed by atoms with Gasteiger partial charge in [0, 0.05) is 0 Å². The van der Waals surface area contributed by atoms with E-state index < -0.39 is 35.4 Å². The number of ether oxygens (including phenoxy) is 2. The van der Waals surface area contributed by atoms with E-state index in [1.54, 1.807) is 12.1 Å². The maximum Gasteiger partial charge on any atom is 0.334 e. The molecule has 0 spiro atoms. The first-order valence-electron chi connectivity index (χ1n) is 12.6. The molecule has 0 aliphatic carbocycles. The average molecular weight is 541 g/mol. The predicted octanol–water partition coefficient (Wildman–Crippen LogP) is 4.63. The summed E-state index contributed by atoms with van der Waals surface area (Å²) < 4.78 is 11.6. The van der Waals surface area contributed by atoms with E-state index in [1.165, 1.54) is 16.7 Å². The van der Waals surface area contributed by atoms with Gasteiger partial charge >= 0.3 is 5.97 Å². The fourth-order valence-corrected chi connectivity index (χ4v) is 5.83. The van der Waals surface area contributed by atoms with E-state index in [2.05, 4.69) is 5.32 Å². The molecule has 2 unspecified atom stereocenters. The molecular weight excluding hydrogens is 512 g/mol. The number of esters is 1. The molecule has 1 N–H and O–H groups in total. The number of carbonyl (C=O) groups is 3. The molecular formula is C31H28N2O5S. The lowest BCUT2D eigenvalue weighted by atomic mass is 9.97. The fraction of sp³-hybridized carbons (Fsp3) is 0.194. The normalized spacial score (nSPS) is 20.2. The van der Waals surface area contributed by atoms with Gasteiger partial charge in [-0.1, -0.05) is 91.0 Å². The molecule has 2 aliphatic rings. The molecule has 3 atom stereocenters. The van der Waals surface area contributed by atoms with Gasteiger partial charge in [-0.3, -0.25) is 9.59 Å². The highest BCUT2D eigenvalue weighted by Crippen LogP contribution is 2.41. The van der Waals surface area contributed by atoms with Crippen molar-refractivity contribution in [2.24, 2.45) is 0 Å². The molecule has 0 aromatic heterocycles. The number of allylic oxidation sites excluding steroid dienone is 1. The largest absolute Gasteiger partial charge is 0.484 e. The van der Waals surface area contributed by atoms with Crippen molar-refractivity contribution >= 4 is 29.5 Å². The van der Waals surface area contributed by atoms with Crippen molar-refractivity contribution in [1.29, 1.82) is 0 Å². The van der Waals surface area contributed by atoms with Crippen LogP contribution in [-0.2, 0) is 19.1 Å². The third-order valence-electron chi connectivity index (χ3n) is 6.47. The number of hydrogen-bond donors (Lipinski definition) is 1. The Kier molecular flexibility index (Phi) is 8.13. The number of benzene rings is 3. The van der Waals surface area contributed by atoms with E-state index in [4.69, 9.17) is 9.47 Å². The highest BCUT2D eigenvalue weighted by Gasteiger charge is 2.56. The number of nitrogens with zero attached hydrogens (tertiary/aromatic N) is 1. The fourth-order valence-electron chi connectivity index (χ4n) is 4.63. The Hall–Kier alpha value is -4.30. The topological polar surface area (TPSA) is 84.9 Å². The molecule has 1 fully saturated rings. The van der Waals surface area contributed by atoms with Crippen LogP contribution in [0.1, 0.15) is 24.2 Å². The van der Waals surface area contributed by atoms with Gasteiger partial charge in [-0.15, -0.1) is 11.8 Å². The molecule has 2 heterocycles. The molecule has 1 saturated heterocycles. The maximum atomic E-state index is 13.8. The predicted molar refractivity (Wildman–Crippen MR) is 150 cm³/mol. The minimum atomic E-state index is -0.927. The van der Waals surface area contributed by atoms with Crippen LogP contribution in [0.5, 0.6) is 5.75 Å². The standard InChI is InChI=1S/C31H28N2O5S/c1-2-12-23-20-39-30-26(32-25(34)19-37-24-17-10-5-11-18-24)29(35)33(30)27(23)31(36)38-28(21-13-6-3-7-14-21)22-15-8-4-9-16-22/h2-18,20,26-28,30H,19H2,1H3,(H,32,34)/b12-2-/t26?,27?,30-/m1/s1. The molecule has 3 aromatic carbocycles. The summed E-state index contributed by atoms with van der Waals surface area (Å²) in [7, 11) is 0. The lowest BCUT2D eigenvalue weighted by Gasteiger charge is -2.51. The Labute approximate surface area is 231 Å². The first-order valence-corrected chi connectivity index (χ1v) is 13.6. The highest BCUT2D eigenvalue weighted by molar-refractivity contribution is 8.03. The first-order chi connectivity index (χ1) is 19.1. The maximum absolute atomic E-state index is 13.8. The van der Waals surface area contributed by atoms with Gasteiger partial charge in [-0.25, -0.2) is 4.79 Å². The molecule has 5 rings (SSSR count). The van der Waals surface area contributed by atoms with Crippen molar-refractivity contribution in [3.05, 3.63) is 125 Å². The second-order valence-corrected chi connectivity index (χ2v) is 10.1. The van der Waals surface area contributed by atoms with Gasteiger partial charge in [-0.2, -0.15) is 0 Å². The lowest BCUT2D eigenvalue weighted by molar-refractivity contribution is -0.165. The van der Waals surface area contributed by atoms with E-state index in [-0.39, 0.29) is 12.5 Å². The minimum Gasteiger partial charge on any atom is -0.484 e. The Morgan fingerprint density at radius 3 is 2.13 bits per heavy atom. The van der Waals surface area contributed by atoms with Gasteiger partial charge in [0.25, 0.3) is 5.91 Å². The van der Waals surface area contributed by atoms with Crippen LogP contribution in [0, 0.1) is 0 Å². The van der Waals surface area contributed by atoms with Crippen LogP contribution in [0.25, 0.3) is 0 Å². The van der Waals surface area contributed by atoms with Crippen molar-refractivity contribution in [3.63, 3.8) is 0 Å². The van der Waals surface area contributed by atoms with Crippen LogP contribution in [-0.4, -0.2) is 46.7 Å². The zero-order valence-corrected chi connectivity index (χ0v) is 22.1. The molecule has 3 aromatic rings. The molecule has 7 nitrogen and oxygen atoms in total. The number of β-lactam (4-membered cyclic amide) rings is 1. The van der Waals surface area contributed by atoms with Gasteiger partial charge < -0.3 is 19.7 Å². The number of thioether (sulfide) groups is 1. The third-order valence-corrected chi connectivity index (χ3v) is 7.65. The van der Waals surface area contributed by atoms with Crippen LogP contribution >= 0.6 is 11.8 Å². The molecule has 2 amide bonds. The molecule has 2 aliphatic heterocycles. The third kappa shape index (κ3) is 5.76. The van der Waals surface area contributed by atoms with E-state index in [1.807, 2.05) is 103 Å². The summed E-state index contributed by atoms with van der Waals surface area (Å²) in [4.78, 5) is 41.1. The number of amides is 2. The van der Waals surface area contributed by atoms with E-state index in [9.17, 15) is 14.4 Å². The quantitative estimate of drug-likeness (QED) is 0.315. The number of rotatable bonds is 9. The van der Waals surface area contributed by atoms with Gasteiger partial charge in [0.2, 0.25) is 5.91 Å². The molecule has 0 radical (unpaired) electrons. The van der Waals surface area contributed by atoms with Crippen molar-refractivity contribution in [2.45, 2.75) is 30.5 Å². The number of nitrogens with one attached hydrogen (secondary N) is 1. The van der Waals surface area contributed by atoms with Crippen LogP contribution in [0.3, 0.4) is 0 Å². The molecule has 39 heavy (non-hydrogen) atoms. The van der Waals surface area contributed by atoms with Gasteiger partial charge in [0.15, 0.2) is 18.8 Å². The number of hydrogen-bond acceptors (Lipinski definition) is 6. The van der Waals surface area contributed by atoms with E-state index in [0.29, 0.717) is 11.3 Å². The highest BCUT2D eigenvalue weighted by atomic mass is 32.2. The van der Waals surface area contributed by atoms with E-state index in [0.717, 1.165) is 11.1 Å². The Morgan fingerprint density at radius 2 is 1.54 bits per heavy atom. The zero-order chi connectivity index (χ0) is 27.2. The first kappa shape index (κ1) is 26.3. The second-order valence-electron chi connectivity index (χ2n) is 9.08. The van der Waals surface area contributed by atoms with E-state index >= 15 is 0 Å². The average Bonchev–Trinajstić information content (AvgIpc) is 2.98. The zero-order valence-electron chi connectivity index (χ0n) is 21.3. The summed E-state index contributed by atoms with van der Waals surface area (Å²) in [6.45, 7) is 1.64. The Bertz CT molecular complexity index is 1340. The minimum absolute atomic E-state index is 0.216. The van der Waals surface area contributed by atoms with Crippen molar-refractivity contribution in [1.82, 2.24) is 10.2 Å². The van der Waals surface area contributed by atoms with Crippen molar-refractivity contribution in [3.8, 4) is 5.75 Å². The molecule has 198 valence electrons. The van der Waals surface area contributed by atoms with Crippen LogP contribution in [0.15, 0.2) is 114 Å². The van der Waals surface area contributed by atoms with Crippen LogP contribution in [0.2, 0.25) is 0 Å². The summed E-state index contributed by atoms with van der Waals surface area (Å²) in [6.07, 6.45) is 2.99.